The van der Waals surface area contributed by atoms with Crippen molar-refractivity contribution >= 4 is 39.2 Å². The molecule has 0 unspecified atom stereocenters. The van der Waals surface area contributed by atoms with Gasteiger partial charge in [0.25, 0.3) is 0 Å². The molecular formula is C13H17Cl2NO4S. The SMILES string of the molecule is CCC[C@](C)(NS(=O)(=O)c1cc(Cl)cc(Cl)c1)C(=O)OC. The van der Waals surface area contributed by atoms with Crippen LogP contribution in [0.5, 0.6) is 0 Å². The van der Waals surface area contributed by atoms with Crippen LogP contribution >= 0.6 is 23.2 Å². The van der Waals surface area contributed by atoms with Crippen LogP contribution in [0.3, 0.4) is 0 Å². The third-order valence-electron chi connectivity index (χ3n) is 2.89. The van der Waals surface area contributed by atoms with E-state index in [2.05, 4.69) is 9.46 Å². The van der Waals surface area contributed by atoms with Crippen molar-refractivity contribution in [2.24, 2.45) is 0 Å². The van der Waals surface area contributed by atoms with E-state index in [1.807, 2.05) is 6.92 Å². The van der Waals surface area contributed by atoms with E-state index in [1.165, 1.54) is 32.2 Å². The van der Waals surface area contributed by atoms with Gasteiger partial charge in [0.2, 0.25) is 10.0 Å². The quantitative estimate of drug-likeness (QED) is 0.797. The first-order valence-electron chi connectivity index (χ1n) is 6.23. The maximum Gasteiger partial charge on any atom is 0.326 e. The molecule has 0 heterocycles. The molecule has 1 aromatic carbocycles. The Labute approximate surface area is 134 Å². The molecule has 0 fully saturated rings. The topological polar surface area (TPSA) is 72.5 Å². The van der Waals surface area contributed by atoms with Gasteiger partial charge in [-0.15, -0.1) is 0 Å². The van der Waals surface area contributed by atoms with Gasteiger partial charge in [0.05, 0.1) is 12.0 Å². The average Bonchev–Trinajstić information content (AvgIpc) is 2.36. The van der Waals surface area contributed by atoms with E-state index >= 15 is 0 Å². The van der Waals surface area contributed by atoms with Crippen LogP contribution in [0.15, 0.2) is 23.1 Å². The first kappa shape index (κ1) is 18.2. The highest BCUT2D eigenvalue weighted by Crippen LogP contribution is 2.24. The Morgan fingerprint density at radius 2 is 1.81 bits per heavy atom. The Balaban J connectivity index is 3.20. The van der Waals surface area contributed by atoms with Crippen LogP contribution in [0.2, 0.25) is 10.0 Å². The van der Waals surface area contributed by atoms with Crippen LogP contribution < -0.4 is 4.72 Å². The van der Waals surface area contributed by atoms with Gasteiger partial charge in [-0.2, -0.15) is 4.72 Å². The van der Waals surface area contributed by atoms with Crippen LogP contribution in [0, 0.1) is 0 Å². The molecule has 0 aromatic heterocycles. The molecule has 0 saturated carbocycles. The molecule has 1 N–H and O–H groups in total. The van der Waals surface area contributed by atoms with Crippen molar-refractivity contribution < 1.29 is 17.9 Å². The summed E-state index contributed by atoms with van der Waals surface area (Å²) in [5.41, 5.74) is -1.35. The molecule has 5 nitrogen and oxygen atoms in total. The largest absolute Gasteiger partial charge is 0.468 e. The Kier molecular flexibility index (Phi) is 6.04. The van der Waals surface area contributed by atoms with Crippen molar-refractivity contribution in [3.63, 3.8) is 0 Å². The smallest absolute Gasteiger partial charge is 0.326 e. The number of nitrogens with one attached hydrogen (secondary N) is 1. The van der Waals surface area contributed by atoms with Crippen molar-refractivity contribution in [1.82, 2.24) is 4.72 Å². The van der Waals surface area contributed by atoms with Crippen molar-refractivity contribution in [3.05, 3.63) is 28.2 Å². The van der Waals surface area contributed by atoms with Gasteiger partial charge < -0.3 is 4.74 Å². The molecule has 0 amide bonds. The number of carbonyl (C=O) groups is 1. The van der Waals surface area contributed by atoms with Crippen molar-refractivity contribution in [3.8, 4) is 0 Å². The molecule has 0 radical (unpaired) electrons. The van der Waals surface area contributed by atoms with Gasteiger partial charge in [-0.1, -0.05) is 36.5 Å². The molecule has 0 aliphatic heterocycles. The number of halogens is 2. The minimum Gasteiger partial charge on any atom is -0.468 e. The summed E-state index contributed by atoms with van der Waals surface area (Å²) >= 11 is 11.6. The fourth-order valence-corrected chi connectivity index (χ4v) is 4.08. The molecule has 0 saturated heterocycles. The maximum absolute atomic E-state index is 12.4. The normalized spacial score (nSPS) is 14.5. The first-order valence-corrected chi connectivity index (χ1v) is 8.47. The number of sulfonamides is 1. The summed E-state index contributed by atoms with van der Waals surface area (Å²) in [7, 11) is -2.75. The number of benzene rings is 1. The fourth-order valence-electron chi connectivity index (χ4n) is 1.96. The lowest BCUT2D eigenvalue weighted by atomic mass is 9.98. The molecule has 0 aliphatic rings. The zero-order valence-corrected chi connectivity index (χ0v) is 14.3. The molecular weight excluding hydrogens is 337 g/mol. The monoisotopic (exact) mass is 353 g/mol. The molecule has 0 bridgehead atoms. The van der Waals surface area contributed by atoms with E-state index in [0.717, 1.165) is 0 Å². The first-order chi connectivity index (χ1) is 9.64. The second-order valence-corrected chi connectivity index (χ2v) is 7.34. The zero-order chi connectivity index (χ0) is 16.3. The van der Waals surface area contributed by atoms with E-state index in [1.54, 1.807) is 0 Å². The summed E-state index contributed by atoms with van der Waals surface area (Å²) in [6.07, 6.45) is 0.900. The lowest BCUT2D eigenvalue weighted by Crippen LogP contribution is -2.52. The van der Waals surface area contributed by atoms with Gasteiger partial charge in [0.15, 0.2) is 0 Å². The Morgan fingerprint density at radius 3 is 2.24 bits per heavy atom. The standard InChI is InChI=1S/C13H17Cl2NO4S/c1-4-5-13(2,12(17)20-3)16-21(18,19)11-7-9(14)6-10(15)8-11/h6-8,16H,4-5H2,1-3H3/t13-/m0/s1. The van der Waals surface area contributed by atoms with Gasteiger partial charge in [-0.25, -0.2) is 8.42 Å². The van der Waals surface area contributed by atoms with Crippen LogP contribution in [0.25, 0.3) is 0 Å². The van der Waals surface area contributed by atoms with Gasteiger partial charge in [-0.3, -0.25) is 4.79 Å². The highest BCUT2D eigenvalue weighted by atomic mass is 35.5. The molecule has 0 aliphatic carbocycles. The summed E-state index contributed by atoms with van der Waals surface area (Å²) in [4.78, 5) is 11.8. The number of methoxy groups -OCH3 is 1. The van der Waals surface area contributed by atoms with E-state index < -0.39 is 21.5 Å². The second kappa shape index (κ2) is 6.96. The maximum atomic E-state index is 12.4. The number of carbonyl (C=O) groups excluding carboxylic acids is 1. The zero-order valence-electron chi connectivity index (χ0n) is 11.9. The van der Waals surface area contributed by atoms with Gasteiger partial charge in [0, 0.05) is 10.0 Å². The van der Waals surface area contributed by atoms with E-state index in [4.69, 9.17) is 23.2 Å². The Bertz CT molecular complexity index is 613. The predicted molar refractivity (Wildman–Crippen MR) is 82.1 cm³/mol. The third kappa shape index (κ3) is 4.57. The summed E-state index contributed by atoms with van der Waals surface area (Å²) < 4.78 is 31.9. The third-order valence-corrected chi connectivity index (χ3v) is 4.90. The van der Waals surface area contributed by atoms with E-state index in [0.29, 0.717) is 12.8 Å². The van der Waals surface area contributed by atoms with Crippen molar-refractivity contribution in [1.29, 1.82) is 0 Å². The molecule has 1 atom stereocenters. The molecule has 118 valence electrons. The summed E-state index contributed by atoms with van der Waals surface area (Å²) in [6, 6.07) is 3.95. The average molecular weight is 354 g/mol. The summed E-state index contributed by atoms with van der Waals surface area (Å²) in [5, 5.41) is 0.385. The summed E-state index contributed by atoms with van der Waals surface area (Å²) in [5.74, 6) is -0.652. The predicted octanol–water partition coefficient (Wildman–Crippen LogP) is 3.00. The number of rotatable bonds is 6. The lowest BCUT2D eigenvalue weighted by Gasteiger charge is -2.27. The lowest BCUT2D eigenvalue weighted by molar-refractivity contribution is -0.147. The highest BCUT2D eigenvalue weighted by molar-refractivity contribution is 7.89. The van der Waals surface area contributed by atoms with Crippen LogP contribution in [0.1, 0.15) is 26.7 Å². The molecule has 0 spiro atoms. The van der Waals surface area contributed by atoms with Gasteiger partial charge in [0.1, 0.15) is 5.54 Å². The number of hydrogen-bond donors (Lipinski definition) is 1. The van der Waals surface area contributed by atoms with Crippen LogP contribution in [-0.4, -0.2) is 27.0 Å². The second-order valence-electron chi connectivity index (χ2n) is 4.78. The van der Waals surface area contributed by atoms with E-state index in [9.17, 15) is 13.2 Å². The number of hydrogen-bond acceptors (Lipinski definition) is 4. The Morgan fingerprint density at radius 1 is 1.29 bits per heavy atom. The number of esters is 1. The molecule has 1 aromatic rings. The molecule has 21 heavy (non-hydrogen) atoms. The molecule has 1 rings (SSSR count). The van der Waals surface area contributed by atoms with Gasteiger partial charge >= 0.3 is 5.97 Å². The van der Waals surface area contributed by atoms with Crippen molar-refractivity contribution in [2.45, 2.75) is 37.1 Å². The number of ether oxygens (including phenoxy) is 1. The Hall–Kier alpha value is -0.820. The van der Waals surface area contributed by atoms with Crippen molar-refractivity contribution in [2.75, 3.05) is 7.11 Å². The van der Waals surface area contributed by atoms with Crippen LogP contribution in [-0.2, 0) is 19.6 Å². The van der Waals surface area contributed by atoms with Gasteiger partial charge in [-0.05, 0) is 31.5 Å². The minimum absolute atomic E-state index is 0.105. The van der Waals surface area contributed by atoms with E-state index in [-0.39, 0.29) is 14.9 Å². The summed E-state index contributed by atoms with van der Waals surface area (Å²) in [6.45, 7) is 3.32. The highest BCUT2D eigenvalue weighted by Gasteiger charge is 2.38. The van der Waals surface area contributed by atoms with Crippen LogP contribution in [0.4, 0.5) is 0 Å². The fraction of sp³-hybridized carbons (Fsp3) is 0.462. The molecule has 8 heteroatoms. The minimum atomic E-state index is -3.96.